The number of unbranched alkanes of at least 4 members (excludes halogenated alkanes) is 25. The summed E-state index contributed by atoms with van der Waals surface area (Å²) >= 11 is 0. The maximum Gasteiger partial charge on any atom is 0.472 e. The van der Waals surface area contributed by atoms with E-state index in [2.05, 4.69) is 62.5 Å². The van der Waals surface area contributed by atoms with Gasteiger partial charge in [-0.2, -0.15) is 0 Å². The van der Waals surface area contributed by atoms with Gasteiger partial charge < -0.3 is 19.4 Å². The van der Waals surface area contributed by atoms with Gasteiger partial charge in [-0.25, -0.2) is 4.57 Å². The predicted octanol–water partition coefficient (Wildman–Crippen LogP) is 15.4. The second-order valence-electron chi connectivity index (χ2n) is 19.0. The largest absolute Gasteiger partial charge is 0.472 e. The molecule has 3 atom stereocenters. The highest BCUT2D eigenvalue weighted by Gasteiger charge is 2.30. The Morgan fingerprint density at radius 2 is 1.00 bits per heavy atom. The molecule has 0 aliphatic heterocycles. The van der Waals surface area contributed by atoms with Gasteiger partial charge in [0.1, 0.15) is 19.3 Å². The van der Waals surface area contributed by atoms with Crippen molar-refractivity contribution in [2.45, 2.75) is 245 Å². The molecule has 0 saturated carbocycles. The smallest absolute Gasteiger partial charge is 0.456 e. The van der Waals surface area contributed by atoms with Crippen LogP contribution in [0.5, 0.6) is 0 Å². The number of carbonyl (C=O) groups is 2. The van der Waals surface area contributed by atoms with Crippen molar-refractivity contribution in [2.75, 3.05) is 40.9 Å². The molecule has 1 amide bonds. The quantitative estimate of drug-likeness (QED) is 0.0206. The number of esters is 1. The van der Waals surface area contributed by atoms with Crippen molar-refractivity contribution in [3.8, 4) is 0 Å². The maximum atomic E-state index is 13.4. The molecule has 0 aromatic carbocycles. The molecule has 0 saturated heterocycles. The summed E-state index contributed by atoms with van der Waals surface area (Å²) in [6.07, 6.45) is 52.4. The third-order valence-electron chi connectivity index (χ3n) is 11.5. The Labute approximate surface area is 395 Å². The molecule has 3 unspecified atom stereocenters. The number of ether oxygens (including phenoxy) is 1. The Morgan fingerprint density at radius 1 is 0.562 bits per heavy atom. The van der Waals surface area contributed by atoms with Crippen LogP contribution in [-0.4, -0.2) is 74.3 Å². The lowest BCUT2D eigenvalue weighted by Crippen LogP contribution is -2.47. The zero-order valence-corrected chi connectivity index (χ0v) is 43.4. The first-order valence-electron chi connectivity index (χ1n) is 26.5. The van der Waals surface area contributed by atoms with Crippen molar-refractivity contribution in [1.82, 2.24) is 5.32 Å². The van der Waals surface area contributed by atoms with Gasteiger partial charge in [0.2, 0.25) is 5.91 Å². The lowest BCUT2D eigenvalue weighted by atomic mass is 10.0. The molecule has 0 radical (unpaired) electrons. The number of quaternary nitrogens is 1. The lowest BCUT2D eigenvalue weighted by Gasteiger charge is -2.27. The number of nitrogens with zero attached hydrogens (tertiary/aromatic N) is 1. The Kier molecular flexibility index (Phi) is 43.4. The topological polar surface area (TPSA) is 111 Å². The molecule has 0 aromatic rings. The molecule has 0 bridgehead atoms. The van der Waals surface area contributed by atoms with Crippen LogP contribution in [0.15, 0.2) is 48.6 Å². The Bertz CT molecular complexity index is 1240. The van der Waals surface area contributed by atoms with Crippen LogP contribution in [0.25, 0.3) is 0 Å². The predicted molar refractivity (Wildman–Crippen MR) is 272 cm³/mol. The molecule has 0 heterocycles. The summed E-state index contributed by atoms with van der Waals surface area (Å²) < 4.78 is 30.5. The van der Waals surface area contributed by atoms with Gasteiger partial charge in [-0.15, -0.1) is 0 Å². The molecule has 0 aliphatic carbocycles. The first kappa shape index (κ1) is 62.0. The van der Waals surface area contributed by atoms with Gasteiger partial charge in [0.05, 0.1) is 33.8 Å². The molecule has 0 spiro atoms. The van der Waals surface area contributed by atoms with E-state index in [4.69, 9.17) is 13.8 Å². The summed E-state index contributed by atoms with van der Waals surface area (Å²) in [5.74, 6) is -0.529. The van der Waals surface area contributed by atoms with E-state index < -0.39 is 20.0 Å². The molecule has 0 aliphatic rings. The maximum absolute atomic E-state index is 13.4. The van der Waals surface area contributed by atoms with Crippen molar-refractivity contribution in [3.63, 3.8) is 0 Å². The summed E-state index contributed by atoms with van der Waals surface area (Å²) in [5.41, 5.74) is 0. The van der Waals surface area contributed by atoms with Crippen LogP contribution in [0, 0.1) is 0 Å². The molecule has 374 valence electrons. The van der Waals surface area contributed by atoms with Crippen molar-refractivity contribution in [1.29, 1.82) is 0 Å². The monoisotopic (exact) mass is 922 g/mol. The van der Waals surface area contributed by atoms with E-state index in [9.17, 15) is 19.0 Å². The highest BCUT2D eigenvalue weighted by atomic mass is 31.2. The second-order valence-corrected chi connectivity index (χ2v) is 20.5. The van der Waals surface area contributed by atoms with Gasteiger partial charge in [-0.1, -0.05) is 205 Å². The Hall–Kier alpha value is -2.03. The lowest BCUT2D eigenvalue weighted by molar-refractivity contribution is -0.870. The van der Waals surface area contributed by atoms with E-state index in [1.165, 1.54) is 109 Å². The number of hydrogen-bond acceptors (Lipinski definition) is 6. The van der Waals surface area contributed by atoms with Crippen LogP contribution in [0.1, 0.15) is 233 Å². The summed E-state index contributed by atoms with van der Waals surface area (Å²) in [6.45, 7) is 6.87. The molecule has 9 nitrogen and oxygen atoms in total. The van der Waals surface area contributed by atoms with Crippen LogP contribution < -0.4 is 5.32 Å². The zero-order chi connectivity index (χ0) is 47.3. The van der Waals surface area contributed by atoms with Crippen molar-refractivity contribution in [3.05, 3.63) is 48.6 Å². The van der Waals surface area contributed by atoms with Crippen molar-refractivity contribution in [2.24, 2.45) is 0 Å². The van der Waals surface area contributed by atoms with Gasteiger partial charge in [-0.05, 0) is 63.9 Å². The van der Waals surface area contributed by atoms with Crippen LogP contribution in [0.2, 0.25) is 0 Å². The minimum Gasteiger partial charge on any atom is -0.456 e. The van der Waals surface area contributed by atoms with Gasteiger partial charge in [-0.3, -0.25) is 18.6 Å². The minimum atomic E-state index is -4.44. The number of rotatable bonds is 47. The SMILES string of the molecule is CC/C=C/C/C=C/C/C=C/CCCCCCC(=O)OC(/C=C/CCCCCCCCCCC)C(COP(=O)(O)OCC[N+](C)(C)C)NC(=O)CCCCCCCCCCCCCCC. The van der Waals surface area contributed by atoms with E-state index >= 15 is 0 Å². The average molecular weight is 922 g/mol. The summed E-state index contributed by atoms with van der Waals surface area (Å²) in [7, 11) is 1.48. The first-order valence-corrected chi connectivity index (χ1v) is 28.0. The Morgan fingerprint density at radius 3 is 1.50 bits per heavy atom. The van der Waals surface area contributed by atoms with Crippen LogP contribution >= 0.6 is 7.82 Å². The van der Waals surface area contributed by atoms with Gasteiger partial charge in [0.25, 0.3) is 0 Å². The number of nitrogens with one attached hydrogen (secondary N) is 1. The highest BCUT2D eigenvalue weighted by Crippen LogP contribution is 2.43. The summed E-state index contributed by atoms with van der Waals surface area (Å²) in [4.78, 5) is 37.4. The fourth-order valence-corrected chi connectivity index (χ4v) is 8.16. The number of phosphoric ester groups is 1. The number of hydrogen-bond donors (Lipinski definition) is 2. The number of carbonyl (C=O) groups excluding carboxylic acids is 2. The van der Waals surface area contributed by atoms with E-state index in [-0.39, 0.29) is 31.5 Å². The first-order chi connectivity index (χ1) is 30.9. The van der Waals surface area contributed by atoms with Crippen molar-refractivity contribution >= 4 is 19.7 Å². The Balaban J connectivity index is 5.43. The third-order valence-corrected chi connectivity index (χ3v) is 12.5. The molecule has 10 heteroatoms. The minimum absolute atomic E-state index is 0.0369. The van der Waals surface area contributed by atoms with Crippen LogP contribution in [0.4, 0.5) is 0 Å². The number of amides is 1. The number of phosphoric acid groups is 1. The standard InChI is InChI=1S/C54H101N2O7P/c1-7-10-13-16-19-22-25-27-29-32-35-38-41-44-47-54(58)63-52(45-42-39-36-33-30-24-21-18-15-12-9-3)51(50-62-64(59,60)61-49-48-56(4,5)6)55-53(57)46-43-40-37-34-31-28-26-23-20-17-14-11-8-2/h10,13,19,22,27,29,42,45,51-52H,7-9,11-12,14-18,20-21,23-26,28,30-41,43-44,46-50H2,1-6H3,(H-,55,57,59,60)/p+1/b13-10+,22-19+,29-27+,45-42+. The molecule has 2 N–H and O–H groups in total. The molecular formula is C54H102N2O7P+. The van der Waals surface area contributed by atoms with Gasteiger partial charge >= 0.3 is 13.8 Å². The fraction of sp³-hybridized carbons (Fsp3) is 0.815. The van der Waals surface area contributed by atoms with E-state index in [1.807, 2.05) is 33.3 Å². The highest BCUT2D eigenvalue weighted by molar-refractivity contribution is 7.47. The van der Waals surface area contributed by atoms with E-state index in [0.717, 1.165) is 83.5 Å². The van der Waals surface area contributed by atoms with Gasteiger partial charge in [0.15, 0.2) is 0 Å². The van der Waals surface area contributed by atoms with E-state index in [1.54, 1.807) is 0 Å². The number of likely N-dealkylation sites (N-methyl/N-ethyl adjacent to an activating group) is 1. The molecule has 0 rings (SSSR count). The normalized spacial score (nSPS) is 14.3. The summed E-state index contributed by atoms with van der Waals surface area (Å²) in [6, 6.07) is -0.852. The third kappa shape index (κ3) is 45.1. The van der Waals surface area contributed by atoms with Gasteiger partial charge in [0, 0.05) is 12.8 Å². The van der Waals surface area contributed by atoms with Crippen LogP contribution in [-0.2, 0) is 27.9 Å². The molecule has 0 fully saturated rings. The zero-order valence-electron chi connectivity index (χ0n) is 42.5. The second kappa shape index (κ2) is 44.8. The van der Waals surface area contributed by atoms with Crippen LogP contribution in [0.3, 0.4) is 0 Å². The molecule has 64 heavy (non-hydrogen) atoms. The summed E-state index contributed by atoms with van der Waals surface area (Å²) in [5, 5.41) is 3.03. The van der Waals surface area contributed by atoms with E-state index in [0.29, 0.717) is 23.9 Å². The number of allylic oxidation sites excluding steroid dienone is 7. The fourth-order valence-electron chi connectivity index (χ4n) is 7.42. The van der Waals surface area contributed by atoms with Crippen molar-refractivity contribution < 1.29 is 37.3 Å². The molecular weight excluding hydrogens is 820 g/mol. The average Bonchev–Trinajstić information content (AvgIpc) is 3.25. The molecule has 0 aromatic heterocycles.